The van der Waals surface area contributed by atoms with Crippen molar-refractivity contribution in [1.82, 2.24) is 0 Å². The third kappa shape index (κ3) is 2.88. The summed E-state index contributed by atoms with van der Waals surface area (Å²) in [5, 5.41) is 0. The first-order valence-corrected chi connectivity index (χ1v) is 5.87. The fourth-order valence-corrected chi connectivity index (χ4v) is 1.69. The highest BCUT2D eigenvalue weighted by Crippen LogP contribution is 2.36. The first kappa shape index (κ1) is 12.4. The molecule has 15 heavy (non-hydrogen) atoms. The Hall–Kier alpha value is -0.700. The van der Waals surface area contributed by atoms with Gasteiger partial charge in [0.15, 0.2) is 11.5 Å². The standard InChI is InChI=1S/C12H17BrO2/c1-8(2)12(13)9-5-6-10(14-3)11(7-9)15-4/h5-8,12H,1-4H3. The van der Waals surface area contributed by atoms with Crippen LogP contribution >= 0.6 is 15.9 Å². The Morgan fingerprint density at radius 3 is 2.13 bits per heavy atom. The lowest BCUT2D eigenvalue weighted by molar-refractivity contribution is 0.354. The molecule has 2 nitrogen and oxygen atoms in total. The first-order valence-electron chi connectivity index (χ1n) is 4.96. The van der Waals surface area contributed by atoms with E-state index in [4.69, 9.17) is 9.47 Å². The molecule has 0 fully saturated rings. The molecule has 0 amide bonds. The predicted molar refractivity (Wildman–Crippen MR) is 66.1 cm³/mol. The number of rotatable bonds is 4. The highest BCUT2D eigenvalue weighted by molar-refractivity contribution is 9.09. The molecule has 0 aliphatic heterocycles. The van der Waals surface area contributed by atoms with Gasteiger partial charge in [-0.2, -0.15) is 0 Å². The Labute approximate surface area is 99.7 Å². The molecular formula is C12H17BrO2. The smallest absolute Gasteiger partial charge is 0.161 e. The van der Waals surface area contributed by atoms with E-state index in [-0.39, 0.29) is 0 Å². The van der Waals surface area contributed by atoms with Gasteiger partial charge in [0.05, 0.1) is 14.2 Å². The SMILES string of the molecule is COc1ccc(C(Br)C(C)C)cc1OC. The molecule has 0 aliphatic rings. The Kier molecular flexibility index (Phi) is 4.45. The maximum atomic E-state index is 5.26. The number of benzene rings is 1. The second-order valence-corrected chi connectivity index (χ2v) is 4.75. The van der Waals surface area contributed by atoms with Gasteiger partial charge in [-0.1, -0.05) is 35.8 Å². The summed E-state index contributed by atoms with van der Waals surface area (Å²) in [4.78, 5) is 0.345. The number of ether oxygens (including phenoxy) is 2. The minimum atomic E-state index is 0.345. The first-order chi connectivity index (χ1) is 7.10. The summed E-state index contributed by atoms with van der Waals surface area (Å²) in [7, 11) is 3.30. The van der Waals surface area contributed by atoms with Gasteiger partial charge in [-0.25, -0.2) is 0 Å². The van der Waals surface area contributed by atoms with Crippen LogP contribution in [0.2, 0.25) is 0 Å². The summed E-state index contributed by atoms with van der Waals surface area (Å²) in [6.07, 6.45) is 0. The van der Waals surface area contributed by atoms with Crippen LogP contribution in [0.3, 0.4) is 0 Å². The summed E-state index contributed by atoms with van der Waals surface area (Å²) in [6.45, 7) is 4.35. The van der Waals surface area contributed by atoms with E-state index in [1.807, 2.05) is 12.1 Å². The van der Waals surface area contributed by atoms with E-state index in [0.717, 1.165) is 11.5 Å². The van der Waals surface area contributed by atoms with Crippen molar-refractivity contribution in [1.29, 1.82) is 0 Å². The van der Waals surface area contributed by atoms with Gasteiger partial charge in [0.25, 0.3) is 0 Å². The van der Waals surface area contributed by atoms with Crippen LogP contribution in [0.25, 0.3) is 0 Å². The summed E-state index contributed by atoms with van der Waals surface area (Å²) in [5.74, 6) is 2.09. The van der Waals surface area contributed by atoms with Crippen molar-refractivity contribution in [2.24, 2.45) is 5.92 Å². The third-order valence-corrected chi connectivity index (χ3v) is 3.90. The van der Waals surface area contributed by atoms with Crippen molar-refractivity contribution in [3.05, 3.63) is 23.8 Å². The maximum absolute atomic E-state index is 5.26. The lowest BCUT2D eigenvalue weighted by atomic mass is 10.0. The van der Waals surface area contributed by atoms with Crippen LogP contribution in [0.5, 0.6) is 11.5 Å². The number of hydrogen-bond acceptors (Lipinski definition) is 2. The van der Waals surface area contributed by atoms with E-state index in [2.05, 4.69) is 35.8 Å². The molecule has 0 bridgehead atoms. The summed E-state index contributed by atoms with van der Waals surface area (Å²) in [6, 6.07) is 6.00. The molecule has 0 radical (unpaired) electrons. The average molecular weight is 273 g/mol. The number of alkyl halides is 1. The Morgan fingerprint density at radius 2 is 1.67 bits per heavy atom. The van der Waals surface area contributed by atoms with Crippen LogP contribution in [-0.2, 0) is 0 Å². The Bertz CT molecular complexity index is 323. The second kappa shape index (κ2) is 5.40. The lowest BCUT2D eigenvalue weighted by Crippen LogP contribution is -2.00. The van der Waals surface area contributed by atoms with Crippen molar-refractivity contribution in [2.45, 2.75) is 18.7 Å². The molecule has 0 aliphatic carbocycles. The van der Waals surface area contributed by atoms with Gasteiger partial charge in [0.1, 0.15) is 0 Å². The van der Waals surface area contributed by atoms with E-state index < -0.39 is 0 Å². The van der Waals surface area contributed by atoms with Crippen molar-refractivity contribution in [2.75, 3.05) is 14.2 Å². The summed E-state index contributed by atoms with van der Waals surface area (Å²) >= 11 is 3.66. The quantitative estimate of drug-likeness (QED) is 0.777. The molecule has 0 spiro atoms. The van der Waals surface area contributed by atoms with Crippen molar-refractivity contribution >= 4 is 15.9 Å². The maximum Gasteiger partial charge on any atom is 0.161 e. The van der Waals surface area contributed by atoms with Crippen molar-refractivity contribution < 1.29 is 9.47 Å². The molecule has 1 rings (SSSR count). The van der Waals surface area contributed by atoms with Gasteiger partial charge in [0.2, 0.25) is 0 Å². The molecule has 3 heteroatoms. The van der Waals surface area contributed by atoms with Crippen molar-refractivity contribution in [3.63, 3.8) is 0 Å². The molecule has 0 heterocycles. The molecular weight excluding hydrogens is 256 g/mol. The van der Waals surface area contributed by atoms with Gasteiger partial charge in [-0.15, -0.1) is 0 Å². The molecule has 0 aromatic heterocycles. The van der Waals surface area contributed by atoms with E-state index >= 15 is 0 Å². The molecule has 0 saturated carbocycles. The predicted octanol–water partition coefficient (Wildman–Crippen LogP) is 3.80. The molecule has 0 saturated heterocycles. The normalized spacial score (nSPS) is 12.7. The second-order valence-electron chi connectivity index (χ2n) is 3.76. The molecule has 84 valence electrons. The number of halogens is 1. The Morgan fingerprint density at radius 1 is 1.07 bits per heavy atom. The monoisotopic (exact) mass is 272 g/mol. The highest BCUT2D eigenvalue weighted by Gasteiger charge is 2.14. The highest BCUT2D eigenvalue weighted by atomic mass is 79.9. The summed E-state index contributed by atoms with van der Waals surface area (Å²) in [5.41, 5.74) is 1.21. The van der Waals surface area contributed by atoms with Crippen LogP contribution in [-0.4, -0.2) is 14.2 Å². The zero-order valence-electron chi connectivity index (χ0n) is 9.58. The zero-order chi connectivity index (χ0) is 11.4. The number of hydrogen-bond donors (Lipinski definition) is 0. The Balaban J connectivity index is 3.02. The van der Waals surface area contributed by atoms with Crippen LogP contribution in [0.4, 0.5) is 0 Å². The van der Waals surface area contributed by atoms with Gasteiger partial charge in [-0.05, 0) is 23.6 Å². The molecule has 1 aromatic rings. The lowest BCUT2D eigenvalue weighted by Gasteiger charge is -2.16. The van der Waals surface area contributed by atoms with Crippen LogP contribution in [0.1, 0.15) is 24.2 Å². The van der Waals surface area contributed by atoms with Crippen LogP contribution in [0.15, 0.2) is 18.2 Å². The van der Waals surface area contributed by atoms with Crippen LogP contribution < -0.4 is 9.47 Å². The fourth-order valence-electron chi connectivity index (χ4n) is 1.41. The van der Waals surface area contributed by atoms with Crippen molar-refractivity contribution in [3.8, 4) is 11.5 Å². The molecule has 1 aromatic carbocycles. The zero-order valence-corrected chi connectivity index (χ0v) is 11.2. The van der Waals surface area contributed by atoms with Gasteiger partial charge >= 0.3 is 0 Å². The topological polar surface area (TPSA) is 18.5 Å². The molecule has 1 atom stereocenters. The van der Waals surface area contributed by atoms with Gasteiger partial charge in [0, 0.05) is 4.83 Å². The molecule has 0 N–H and O–H groups in total. The van der Waals surface area contributed by atoms with E-state index in [1.54, 1.807) is 14.2 Å². The van der Waals surface area contributed by atoms with Gasteiger partial charge < -0.3 is 9.47 Å². The minimum absolute atomic E-state index is 0.345. The molecule has 1 unspecified atom stereocenters. The van der Waals surface area contributed by atoms with Crippen LogP contribution in [0, 0.1) is 5.92 Å². The fraction of sp³-hybridized carbons (Fsp3) is 0.500. The minimum Gasteiger partial charge on any atom is -0.493 e. The third-order valence-electron chi connectivity index (χ3n) is 2.31. The number of methoxy groups -OCH3 is 2. The average Bonchev–Trinajstić information content (AvgIpc) is 2.26. The largest absolute Gasteiger partial charge is 0.493 e. The van der Waals surface area contributed by atoms with E-state index in [0.29, 0.717) is 10.7 Å². The van der Waals surface area contributed by atoms with E-state index in [9.17, 15) is 0 Å². The summed E-state index contributed by atoms with van der Waals surface area (Å²) < 4.78 is 10.5. The van der Waals surface area contributed by atoms with E-state index in [1.165, 1.54) is 5.56 Å². The van der Waals surface area contributed by atoms with Gasteiger partial charge in [-0.3, -0.25) is 0 Å².